The fourth-order valence-electron chi connectivity index (χ4n) is 13.7. The molecule has 13 nitrogen and oxygen atoms in total. The van der Waals surface area contributed by atoms with Gasteiger partial charge in [0.25, 0.3) is 0 Å². The highest BCUT2D eigenvalue weighted by Gasteiger charge is 2.68. The summed E-state index contributed by atoms with van der Waals surface area (Å²) in [7, 11) is 1.08. The van der Waals surface area contributed by atoms with E-state index in [0.29, 0.717) is 18.3 Å². The van der Waals surface area contributed by atoms with E-state index in [4.69, 9.17) is 23.7 Å². The normalized spacial score (nSPS) is 54.1. The third kappa shape index (κ3) is 6.39. The van der Waals surface area contributed by atoms with E-state index in [9.17, 15) is 40.5 Å². The molecular formula is C43H70O13. The molecule has 0 aromatic heterocycles. The Balaban J connectivity index is 1.14. The van der Waals surface area contributed by atoms with Crippen LogP contribution in [-0.4, -0.2) is 130 Å². The molecule has 7 N–H and O–H groups in total. The van der Waals surface area contributed by atoms with Crippen LogP contribution in [0.3, 0.4) is 0 Å². The standard InChI is InChI=1S/C43H70O13/c1-38(2)25-11-14-43(7)26(10-9-22-23-19-39(3,21-45)15-16-40(23,4)17-18-42(22,43)6)41(25,5)13-12-27(38)54-37-34(30(48)28(46)24(20-44)53-37)56-36-32(50)29(47)31(49)33(55-36)35(51)52-8/h9,23-34,36-37,44-50H,10-21H2,1-8H3/t23-,24+,25-,26+,27-,28+,29-,30-,31-,32+,33-,34+,36-,37+,39-,40+,41-,42+,43+/m0/s1. The van der Waals surface area contributed by atoms with Crippen molar-refractivity contribution in [2.24, 2.45) is 50.2 Å². The number of hydrogen-bond acceptors (Lipinski definition) is 13. The fraction of sp³-hybridized carbons (Fsp3) is 0.930. The molecule has 4 saturated carbocycles. The largest absolute Gasteiger partial charge is 0.467 e. The van der Waals surface area contributed by atoms with E-state index in [-0.39, 0.29) is 51.1 Å². The Kier molecular flexibility index (Phi) is 11.3. The molecular weight excluding hydrogens is 724 g/mol. The minimum Gasteiger partial charge on any atom is -0.467 e. The van der Waals surface area contributed by atoms with Gasteiger partial charge in [0.1, 0.15) is 42.7 Å². The second-order valence-electron chi connectivity index (χ2n) is 20.9. The van der Waals surface area contributed by atoms with Gasteiger partial charge in [-0.25, -0.2) is 4.79 Å². The second-order valence-corrected chi connectivity index (χ2v) is 20.9. The van der Waals surface area contributed by atoms with E-state index in [2.05, 4.69) is 54.5 Å². The van der Waals surface area contributed by atoms with Gasteiger partial charge in [-0.1, -0.05) is 60.1 Å². The molecule has 320 valence electrons. The van der Waals surface area contributed by atoms with Crippen molar-refractivity contribution < 1.29 is 64.2 Å². The van der Waals surface area contributed by atoms with Gasteiger partial charge >= 0.3 is 5.97 Å². The number of fused-ring (bicyclic) bond motifs is 7. The first kappa shape index (κ1) is 42.9. The molecule has 2 aliphatic heterocycles. The predicted octanol–water partition coefficient (Wildman–Crippen LogP) is 2.97. The average Bonchev–Trinajstić information content (AvgIpc) is 3.16. The van der Waals surface area contributed by atoms with Crippen molar-refractivity contribution >= 4 is 5.97 Å². The van der Waals surface area contributed by atoms with Gasteiger partial charge in [0.15, 0.2) is 18.7 Å². The molecule has 0 radical (unpaired) electrons. The van der Waals surface area contributed by atoms with Gasteiger partial charge in [0, 0.05) is 6.61 Å². The lowest BCUT2D eigenvalue weighted by molar-refractivity contribution is -0.375. The van der Waals surface area contributed by atoms with Crippen molar-refractivity contribution in [2.45, 2.75) is 180 Å². The lowest BCUT2D eigenvalue weighted by Crippen LogP contribution is -2.67. The first-order valence-corrected chi connectivity index (χ1v) is 21.2. The number of rotatable bonds is 7. The zero-order chi connectivity index (χ0) is 41.0. The van der Waals surface area contributed by atoms with E-state index >= 15 is 0 Å². The van der Waals surface area contributed by atoms with Crippen LogP contribution in [0, 0.1) is 50.2 Å². The quantitative estimate of drug-likeness (QED) is 0.113. The summed E-state index contributed by atoms with van der Waals surface area (Å²) in [5.74, 6) is 0.213. The molecule has 6 fully saturated rings. The SMILES string of the molecule is COC(=O)[C@H]1O[C@@H](O[C@H]2[C@@H](O[C@H]3CC[C@]4(C)[C@H]5CC=C6[C@@H]7C[C@@](C)(CO)CC[C@]7(C)CC[C@@]6(C)[C@]5(C)CC[C@H]4C3(C)C)O[C@H](CO)[C@@H](O)[C@@H]2O)[C@H](O)[C@@H](O)[C@@H]1O. The second kappa shape index (κ2) is 14.7. The molecule has 2 heterocycles. The Morgan fingerprint density at radius 3 is 2.12 bits per heavy atom. The first-order chi connectivity index (χ1) is 26.1. The molecule has 0 aromatic carbocycles. The third-order valence-corrected chi connectivity index (χ3v) is 17.7. The van der Waals surface area contributed by atoms with E-state index in [0.717, 1.165) is 52.1 Å². The predicted molar refractivity (Wildman–Crippen MR) is 202 cm³/mol. The number of allylic oxidation sites excluding steroid dienone is 2. The molecule has 7 aliphatic rings. The molecule has 13 heteroatoms. The number of aliphatic hydroxyl groups excluding tert-OH is 7. The van der Waals surface area contributed by atoms with Crippen molar-refractivity contribution in [3.8, 4) is 0 Å². The maximum Gasteiger partial charge on any atom is 0.337 e. The third-order valence-electron chi connectivity index (χ3n) is 17.7. The van der Waals surface area contributed by atoms with Crippen LogP contribution in [0.5, 0.6) is 0 Å². The highest BCUT2D eigenvalue weighted by atomic mass is 16.8. The van der Waals surface area contributed by atoms with Gasteiger partial charge in [-0.2, -0.15) is 0 Å². The van der Waals surface area contributed by atoms with E-state index in [1.165, 1.54) is 12.8 Å². The van der Waals surface area contributed by atoms with Gasteiger partial charge in [-0.15, -0.1) is 0 Å². The average molecular weight is 795 g/mol. The van der Waals surface area contributed by atoms with Crippen LogP contribution in [0.15, 0.2) is 11.6 Å². The number of esters is 1. The lowest BCUT2D eigenvalue weighted by atomic mass is 9.33. The van der Waals surface area contributed by atoms with Crippen LogP contribution in [0.2, 0.25) is 0 Å². The summed E-state index contributed by atoms with van der Waals surface area (Å²) in [6.45, 7) is 16.5. The summed E-state index contributed by atoms with van der Waals surface area (Å²) >= 11 is 0. The van der Waals surface area contributed by atoms with Crippen LogP contribution in [0.4, 0.5) is 0 Å². The number of carbonyl (C=O) groups excluding carboxylic acids is 1. The Hall–Kier alpha value is -1.23. The molecule has 2 saturated heterocycles. The lowest BCUT2D eigenvalue weighted by Gasteiger charge is -2.71. The van der Waals surface area contributed by atoms with Gasteiger partial charge in [0.05, 0.1) is 19.8 Å². The summed E-state index contributed by atoms with van der Waals surface area (Å²) in [6.07, 6.45) is -3.56. The summed E-state index contributed by atoms with van der Waals surface area (Å²) in [5.41, 5.74) is 1.67. The molecule has 0 spiro atoms. The van der Waals surface area contributed by atoms with Crippen molar-refractivity contribution in [3.63, 3.8) is 0 Å². The number of carbonyl (C=O) groups is 1. The monoisotopic (exact) mass is 794 g/mol. The van der Waals surface area contributed by atoms with Gasteiger partial charge < -0.3 is 59.4 Å². The molecule has 56 heavy (non-hydrogen) atoms. The first-order valence-electron chi connectivity index (χ1n) is 21.2. The van der Waals surface area contributed by atoms with Crippen molar-refractivity contribution in [1.29, 1.82) is 0 Å². The van der Waals surface area contributed by atoms with Gasteiger partial charge in [-0.05, 0) is 114 Å². The maximum absolute atomic E-state index is 12.4. The molecule has 0 aromatic rings. The summed E-state index contributed by atoms with van der Waals surface area (Å²) < 4.78 is 29.2. The molecule has 5 aliphatic carbocycles. The van der Waals surface area contributed by atoms with E-state index in [1.807, 2.05) is 0 Å². The van der Waals surface area contributed by atoms with Gasteiger partial charge in [-0.3, -0.25) is 0 Å². The van der Waals surface area contributed by atoms with Crippen LogP contribution in [0.25, 0.3) is 0 Å². The molecule has 7 rings (SSSR count). The van der Waals surface area contributed by atoms with Crippen LogP contribution in [0.1, 0.15) is 113 Å². The Morgan fingerprint density at radius 2 is 1.46 bits per heavy atom. The highest BCUT2D eigenvalue weighted by Crippen LogP contribution is 2.76. The minimum atomic E-state index is -1.85. The smallest absolute Gasteiger partial charge is 0.337 e. The maximum atomic E-state index is 12.4. The fourth-order valence-corrected chi connectivity index (χ4v) is 13.7. The van der Waals surface area contributed by atoms with E-state index in [1.54, 1.807) is 5.57 Å². The summed E-state index contributed by atoms with van der Waals surface area (Å²) in [6, 6.07) is 0. The molecule has 0 bridgehead atoms. The molecule has 0 unspecified atom stereocenters. The van der Waals surface area contributed by atoms with E-state index < -0.39 is 74.0 Å². The van der Waals surface area contributed by atoms with Crippen molar-refractivity contribution in [2.75, 3.05) is 20.3 Å². The molecule has 19 atom stereocenters. The van der Waals surface area contributed by atoms with Crippen LogP contribution >= 0.6 is 0 Å². The zero-order valence-electron chi connectivity index (χ0n) is 34.7. The Bertz CT molecular complexity index is 1510. The summed E-state index contributed by atoms with van der Waals surface area (Å²) in [5, 5.41) is 74.6. The summed E-state index contributed by atoms with van der Waals surface area (Å²) in [4.78, 5) is 12.4. The Morgan fingerprint density at radius 1 is 0.768 bits per heavy atom. The zero-order valence-corrected chi connectivity index (χ0v) is 34.7. The van der Waals surface area contributed by atoms with Crippen LogP contribution in [-0.2, 0) is 28.5 Å². The topological polar surface area (TPSA) is 205 Å². The number of ether oxygens (including phenoxy) is 5. The minimum absolute atomic E-state index is 0.000906. The Labute approximate surface area is 332 Å². The van der Waals surface area contributed by atoms with Crippen molar-refractivity contribution in [1.82, 2.24) is 0 Å². The number of hydrogen-bond donors (Lipinski definition) is 7. The van der Waals surface area contributed by atoms with Gasteiger partial charge in [0.2, 0.25) is 0 Å². The highest BCUT2D eigenvalue weighted by molar-refractivity contribution is 5.75. The number of methoxy groups -OCH3 is 1. The van der Waals surface area contributed by atoms with Crippen molar-refractivity contribution in [3.05, 3.63) is 11.6 Å². The molecule has 0 amide bonds. The number of aliphatic hydroxyl groups is 7. The van der Waals surface area contributed by atoms with Crippen LogP contribution < -0.4 is 0 Å².